The van der Waals surface area contributed by atoms with Crippen molar-refractivity contribution in [1.29, 1.82) is 0 Å². The molecule has 2 aromatic carbocycles. The number of nitrogens with two attached hydrogens (primary N) is 1. The summed E-state index contributed by atoms with van der Waals surface area (Å²) in [5, 5.41) is 3.07. The highest BCUT2D eigenvalue weighted by Gasteiger charge is 2.13. The molecule has 1 heterocycles. The second kappa shape index (κ2) is 6.94. The molecule has 118 valence electrons. The maximum atomic E-state index is 5.85. The molecule has 0 bridgehead atoms. The number of thiazole rings is 1. The largest absolute Gasteiger partial charge is 0.496 e. The van der Waals surface area contributed by atoms with Gasteiger partial charge in [-0.15, -0.1) is 11.3 Å². The number of ether oxygens (including phenoxy) is 1. The van der Waals surface area contributed by atoms with Gasteiger partial charge < -0.3 is 10.5 Å². The number of nitrogens with zero attached hydrogens (tertiary/aromatic N) is 1. The number of rotatable bonds is 5. The molecule has 3 rings (SSSR count). The van der Waals surface area contributed by atoms with Gasteiger partial charge >= 0.3 is 0 Å². The summed E-state index contributed by atoms with van der Waals surface area (Å²) < 4.78 is 5.50. The molecule has 0 aliphatic heterocycles. The van der Waals surface area contributed by atoms with Gasteiger partial charge in [0.25, 0.3) is 0 Å². The van der Waals surface area contributed by atoms with E-state index in [2.05, 4.69) is 36.6 Å². The highest BCUT2D eigenvalue weighted by atomic mass is 32.1. The molecule has 0 atom stereocenters. The Hall–Kier alpha value is -2.17. The molecule has 0 aliphatic carbocycles. The van der Waals surface area contributed by atoms with E-state index in [-0.39, 0.29) is 0 Å². The first-order chi connectivity index (χ1) is 11.3. The average molecular weight is 324 g/mol. The molecule has 0 saturated heterocycles. The summed E-state index contributed by atoms with van der Waals surface area (Å²) in [6.45, 7) is 2.66. The van der Waals surface area contributed by atoms with Gasteiger partial charge in [0.2, 0.25) is 0 Å². The minimum Gasteiger partial charge on any atom is -0.496 e. The van der Waals surface area contributed by atoms with Crippen LogP contribution in [0.2, 0.25) is 0 Å². The molecule has 0 unspecified atom stereocenters. The third-order valence-electron chi connectivity index (χ3n) is 3.92. The summed E-state index contributed by atoms with van der Waals surface area (Å²) >= 11 is 1.64. The molecule has 0 amide bonds. The van der Waals surface area contributed by atoms with E-state index in [0.717, 1.165) is 39.6 Å². The smallest absolute Gasteiger partial charge is 0.128 e. The number of hydrogen-bond acceptors (Lipinski definition) is 4. The molecule has 3 aromatic rings. The maximum absolute atomic E-state index is 5.85. The van der Waals surface area contributed by atoms with Crippen LogP contribution in [0.4, 0.5) is 0 Å². The molecule has 0 radical (unpaired) electrons. The molecule has 23 heavy (non-hydrogen) atoms. The van der Waals surface area contributed by atoms with Crippen LogP contribution in [0.5, 0.6) is 5.75 Å². The van der Waals surface area contributed by atoms with Crippen molar-refractivity contribution in [3.05, 3.63) is 59.0 Å². The lowest BCUT2D eigenvalue weighted by Crippen LogP contribution is -1.98. The van der Waals surface area contributed by atoms with Crippen molar-refractivity contribution < 1.29 is 4.74 Å². The first-order valence-electron chi connectivity index (χ1n) is 7.68. The normalized spacial score (nSPS) is 10.7. The Kier molecular flexibility index (Phi) is 4.74. The number of hydrogen-bond donors (Lipinski definition) is 1. The van der Waals surface area contributed by atoms with Crippen molar-refractivity contribution >= 4 is 11.3 Å². The Bertz CT molecular complexity index is 811. The zero-order chi connectivity index (χ0) is 16.2. The van der Waals surface area contributed by atoms with E-state index >= 15 is 0 Å². The van der Waals surface area contributed by atoms with Crippen molar-refractivity contribution in [2.45, 2.75) is 19.9 Å². The lowest BCUT2D eigenvalue weighted by Gasteiger charge is -2.08. The standard InChI is InChI=1S/C19H20N2OS/c1-3-13-8-9-18(22-2)16(10-13)17-12-23-19(21-17)15-7-5-4-6-14(15)11-20/h4-10,12H,3,11,20H2,1-2H3. The summed E-state index contributed by atoms with van der Waals surface area (Å²) in [5.74, 6) is 0.853. The monoisotopic (exact) mass is 324 g/mol. The lowest BCUT2D eigenvalue weighted by molar-refractivity contribution is 0.416. The zero-order valence-electron chi connectivity index (χ0n) is 13.4. The van der Waals surface area contributed by atoms with Gasteiger partial charge in [-0.2, -0.15) is 0 Å². The third kappa shape index (κ3) is 3.14. The quantitative estimate of drug-likeness (QED) is 0.751. The maximum Gasteiger partial charge on any atom is 0.128 e. The van der Waals surface area contributed by atoms with E-state index in [9.17, 15) is 0 Å². The van der Waals surface area contributed by atoms with Crippen LogP contribution in [0, 0.1) is 0 Å². The molecular formula is C19H20N2OS. The predicted octanol–water partition coefficient (Wildman–Crippen LogP) is 4.51. The Morgan fingerprint density at radius 2 is 1.96 bits per heavy atom. The third-order valence-corrected chi connectivity index (χ3v) is 4.80. The van der Waals surface area contributed by atoms with Gasteiger partial charge in [-0.05, 0) is 29.7 Å². The lowest BCUT2D eigenvalue weighted by atomic mass is 10.1. The molecule has 4 heteroatoms. The Balaban J connectivity index is 2.06. The van der Waals surface area contributed by atoms with Crippen LogP contribution < -0.4 is 10.5 Å². The molecular weight excluding hydrogens is 304 g/mol. The second-order valence-corrected chi connectivity index (χ2v) is 6.15. The molecule has 0 spiro atoms. The van der Waals surface area contributed by atoms with Gasteiger partial charge in [0.15, 0.2) is 0 Å². The van der Waals surface area contributed by atoms with Crippen LogP contribution in [0.25, 0.3) is 21.8 Å². The van der Waals surface area contributed by atoms with Crippen LogP contribution in [0.3, 0.4) is 0 Å². The van der Waals surface area contributed by atoms with E-state index in [1.54, 1.807) is 18.4 Å². The van der Waals surface area contributed by atoms with Crippen molar-refractivity contribution in [2.75, 3.05) is 7.11 Å². The molecule has 0 saturated carbocycles. The number of aromatic nitrogens is 1. The van der Waals surface area contributed by atoms with Gasteiger partial charge in [-0.25, -0.2) is 4.98 Å². The summed E-state index contributed by atoms with van der Waals surface area (Å²) in [6, 6.07) is 14.4. The van der Waals surface area contributed by atoms with E-state index in [1.807, 2.05) is 18.2 Å². The van der Waals surface area contributed by atoms with Crippen LogP contribution >= 0.6 is 11.3 Å². The van der Waals surface area contributed by atoms with Crippen LogP contribution in [-0.2, 0) is 13.0 Å². The fourth-order valence-corrected chi connectivity index (χ4v) is 3.48. The van der Waals surface area contributed by atoms with E-state index in [4.69, 9.17) is 15.5 Å². The van der Waals surface area contributed by atoms with Crippen molar-refractivity contribution in [3.63, 3.8) is 0 Å². The molecule has 2 N–H and O–H groups in total. The Morgan fingerprint density at radius 1 is 1.13 bits per heavy atom. The summed E-state index contributed by atoms with van der Waals surface area (Å²) in [6.07, 6.45) is 0.990. The molecule has 0 fully saturated rings. The molecule has 1 aromatic heterocycles. The molecule has 3 nitrogen and oxygen atoms in total. The van der Waals surface area contributed by atoms with E-state index < -0.39 is 0 Å². The first-order valence-corrected chi connectivity index (χ1v) is 8.56. The zero-order valence-corrected chi connectivity index (χ0v) is 14.2. The predicted molar refractivity (Wildman–Crippen MR) is 96.8 cm³/mol. The fourth-order valence-electron chi connectivity index (χ4n) is 2.60. The first kappa shape index (κ1) is 15.7. The van der Waals surface area contributed by atoms with Crippen molar-refractivity contribution in [1.82, 2.24) is 4.98 Å². The summed E-state index contributed by atoms with van der Waals surface area (Å²) in [7, 11) is 1.70. The Morgan fingerprint density at radius 3 is 2.70 bits per heavy atom. The highest BCUT2D eigenvalue weighted by Crippen LogP contribution is 2.35. The van der Waals surface area contributed by atoms with Gasteiger partial charge in [-0.3, -0.25) is 0 Å². The van der Waals surface area contributed by atoms with E-state index in [0.29, 0.717) is 6.54 Å². The van der Waals surface area contributed by atoms with Gasteiger partial charge in [0.1, 0.15) is 10.8 Å². The second-order valence-electron chi connectivity index (χ2n) is 5.29. The van der Waals surface area contributed by atoms with Gasteiger partial charge in [-0.1, -0.05) is 37.3 Å². The molecule has 0 aliphatic rings. The van der Waals surface area contributed by atoms with Crippen LogP contribution in [0.1, 0.15) is 18.1 Å². The van der Waals surface area contributed by atoms with E-state index in [1.165, 1.54) is 5.56 Å². The minimum atomic E-state index is 0.514. The van der Waals surface area contributed by atoms with Gasteiger partial charge in [0, 0.05) is 23.1 Å². The summed E-state index contributed by atoms with van der Waals surface area (Å²) in [4.78, 5) is 4.83. The van der Waals surface area contributed by atoms with Crippen molar-refractivity contribution in [3.8, 4) is 27.6 Å². The summed E-state index contributed by atoms with van der Waals surface area (Å²) in [5.41, 5.74) is 11.3. The van der Waals surface area contributed by atoms with Crippen molar-refractivity contribution in [2.24, 2.45) is 5.73 Å². The Labute approximate surface area is 140 Å². The number of methoxy groups -OCH3 is 1. The minimum absolute atomic E-state index is 0.514. The number of benzene rings is 2. The average Bonchev–Trinajstić information content (AvgIpc) is 3.10. The highest BCUT2D eigenvalue weighted by molar-refractivity contribution is 7.13. The SMILES string of the molecule is CCc1ccc(OC)c(-c2csc(-c3ccccc3CN)n2)c1. The van der Waals surface area contributed by atoms with Crippen LogP contribution in [-0.4, -0.2) is 12.1 Å². The fraction of sp³-hybridized carbons (Fsp3) is 0.211. The van der Waals surface area contributed by atoms with Gasteiger partial charge in [0.05, 0.1) is 12.8 Å². The topological polar surface area (TPSA) is 48.1 Å². The van der Waals surface area contributed by atoms with Crippen LogP contribution in [0.15, 0.2) is 47.8 Å². The number of aryl methyl sites for hydroxylation is 1.